The monoisotopic (exact) mass is 317 g/mol. The smallest absolute Gasteiger partial charge is 0.218 e. The molecule has 6 nitrogen and oxygen atoms in total. The summed E-state index contributed by atoms with van der Waals surface area (Å²) in [4.78, 5) is 12.4. The summed E-state index contributed by atoms with van der Waals surface area (Å²) < 4.78 is 5.82. The summed E-state index contributed by atoms with van der Waals surface area (Å²) >= 11 is 0. The minimum absolute atomic E-state index is 0.258. The number of hydrogen-bond donors (Lipinski definition) is 1. The topological polar surface area (TPSA) is 83.7 Å². The predicted octanol–water partition coefficient (Wildman–Crippen LogP) is 2.93. The van der Waals surface area contributed by atoms with E-state index < -0.39 is 0 Å². The highest BCUT2D eigenvalue weighted by Crippen LogP contribution is 2.18. The van der Waals surface area contributed by atoms with E-state index in [0.29, 0.717) is 24.8 Å². The van der Waals surface area contributed by atoms with Gasteiger partial charge in [-0.25, -0.2) is 15.0 Å². The molecule has 0 aliphatic rings. The van der Waals surface area contributed by atoms with Crippen molar-refractivity contribution in [3.63, 3.8) is 0 Å². The van der Waals surface area contributed by atoms with E-state index in [-0.39, 0.29) is 5.69 Å². The highest BCUT2D eigenvalue weighted by Gasteiger charge is 2.08. The molecule has 0 radical (unpaired) electrons. The largest absolute Gasteiger partial charge is 0.473 e. The molecular weight excluding hydrogens is 302 g/mol. The summed E-state index contributed by atoms with van der Waals surface area (Å²) in [7, 11) is 0. The van der Waals surface area contributed by atoms with Gasteiger partial charge in [0, 0.05) is 30.7 Å². The molecule has 1 aromatic carbocycles. The van der Waals surface area contributed by atoms with Crippen LogP contribution in [-0.2, 0) is 13.2 Å². The van der Waals surface area contributed by atoms with E-state index in [1.165, 1.54) is 6.20 Å². The Morgan fingerprint density at radius 1 is 0.958 bits per heavy atom. The van der Waals surface area contributed by atoms with Crippen molar-refractivity contribution in [3.8, 4) is 11.9 Å². The van der Waals surface area contributed by atoms with Crippen LogP contribution in [0.2, 0.25) is 0 Å². The zero-order valence-corrected chi connectivity index (χ0v) is 12.9. The third-order valence-corrected chi connectivity index (χ3v) is 3.32. The van der Waals surface area contributed by atoms with E-state index in [0.717, 1.165) is 11.1 Å². The van der Waals surface area contributed by atoms with Crippen LogP contribution in [0, 0.1) is 11.3 Å². The Hall–Kier alpha value is -3.46. The van der Waals surface area contributed by atoms with Crippen molar-refractivity contribution in [2.45, 2.75) is 13.2 Å². The Labute approximate surface area is 139 Å². The van der Waals surface area contributed by atoms with Gasteiger partial charge in [-0.05, 0) is 11.6 Å². The van der Waals surface area contributed by atoms with E-state index >= 15 is 0 Å². The maximum Gasteiger partial charge on any atom is 0.218 e. The lowest BCUT2D eigenvalue weighted by Gasteiger charge is -2.11. The Kier molecular flexibility index (Phi) is 4.95. The van der Waals surface area contributed by atoms with Crippen LogP contribution in [0.3, 0.4) is 0 Å². The van der Waals surface area contributed by atoms with Gasteiger partial charge in [-0.2, -0.15) is 5.26 Å². The molecule has 6 heteroatoms. The standard InChI is InChI=1S/C18H15N5O/c19-11-16-17(21-10-9-20-16)23-12-15-7-4-8-22-18(15)24-13-14-5-2-1-3-6-14/h1-10H,12-13H2,(H,21,23). The van der Waals surface area contributed by atoms with E-state index in [1.54, 1.807) is 12.4 Å². The lowest BCUT2D eigenvalue weighted by molar-refractivity contribution is 0.291. The lowest BCUT2D eigenvalue weighted by Crippen LogP contribution is -2.07. The number of hydrogen-bond acceptors (Lipinski definition) is 6. The quantitative estimate of drug-likeness (QED) is 0.752. The zero-order valence-electron chi connectivity index (χ0n) is 12.9. The molecule has 118 valence electrons. The molecule has 0 atom stereocenters. The van der Waals surface area contributed by atoms with Crippen LogP contribution in [-0.4, -0.2) is 15.0 Å². The third-order valence-electron chi connectivity index (χ3n) is 3.32. The van der Waals surface area contributed by atoms with Crippen molar-refractivity contribution in [1.29, 1.82) is 5.26 Å². The molecule has 0 aliphatic carbocycles. The molecule has 2 heterocycles. The van der Waals surface area contributed by atoms with Crippen LogP contribution in [0.5, 0.6) is 5.88 Å². The second kappa shape index (κ2) is 7.70. The second-order valence-electron chi connectivity index (χ2n) is 4.96. The van der Waals surface area contributed by atoms with Crippen molar-refractivity contribution in [2.75, 3.05) is 5.32 Å². The minimum Gasteiger partial charge on any atom is -0.473 e. The van der Waals surface area contributed by atoms with Gasteiger partial charge in [0.05, 0.1) is 0 Å². The summed E-state index contributed by atoms with van der Waals surface area (Å²) in [6.07, 6.45) is 4.72. The summed E-state index contributed by atoms with van der Waals surface area (Å²) in [5, 5.41) is 12.2. The average molecular weight is 317 g/mol. The molecule has 0 amide bonds. The lowest BCUT2D eigenvalue weighted by atomic mass is 10.2. The Bertz CT molecular complexity index is 845. The van der Waals surface area contributed by atoms with Gasteiger partial charge in [-0.1, -0.05) is 36.4 Å². The number of nitrogens with zero attached hydrogens (tertiary/aromatic N) is 4. The number of pyridine rings is 1. The first kappa shape index (κ1) is 15.4. The van der Waals surface area contributed by atoms with Gasteiger partial charge in [-0.15, -0.1) is 0 Å². The Morgan fingerprint density at radius 3 is 2.62 bits per heavy atom. The molecule has 0 saturated carbocycles. The van der Waals surface area contributed by atoms with E-state index in [4.69, 9.17) is 10.00 Å². The first-order valence-corrected chi connectivity index (χ1v) is 7.42. The second-order valence-corrected chi connectivity index (χ2v) is 4.96. The molecule has 2 aromatic heterocycles. The van der Waals surface area contributed by atoms with Crippen LogP contribution in [0.1, 0.15) is 16.8 Å². The van der Waals surface area contributed by atoms with Crippen LogP contribution in [0.15, 0.2) is 61.1 Å². The average Bonchev–Trinajstić information content (AvgIpc) is 2.66. The summed E-state index contributed by atoms with van der Waals surface area (Å²) in [6, 6.07) is 15.7. The maximum absolute atomic E-state index is 9.05. The molecule has 0 saturated heterocycles. The van der Waals surface area contributed by atoms with Crippen LogP contribution < -0.4 is 10.1 Å². The predicted molar refractivity (Wildman–Crippen MR) is 89.1 cm³/mol. The molecule has 0 spiro atoms. The van der Waals surface area contributed by atoms with Gasteiger partial charge in [0.25, 0.3) is 0 Å². The molecule has 0 bridgehead atoms. The van der Waals surface area contributed by atoms with Crippen molar-refractivity contribution >= 4 is 5.82 Å². The number of ether oxygens (including phenoxy) is 1. The zero-order chi connectivity index (χ0) is 16.6. The number of nitriles is 1. The summed E-state index contributed by atoms with van der Waals surface area (Å²) in [5.74, 6) is 0.995. The van der Waals surface area contributed by atoms with E-state index in [1.807, 2.05) is 48.5 Å². The molecule has 3 rings (SSSR count). The summed E-state index contributed by atoms with van der Waals surface area (Å²) in [5.41, 5.74) is 2.21. The Balaban J connectivity index is 1.69. The normalized spacial score (nSPS) is 9.96. The van der Waals surface area contributed by atoms with Crippen LogP contribution in [0.25, 0.3) is 0 Å². The highest BCUT2D eigenvalue weighted by atomic mass is 16.5. The van der Waals surface area contributed by atoms with Crippen molar-refractivity contribution < 1.29 is 4.74 Å². The van der Waals surface area contributed by atoms with Gasteiger partial charge in [0.15, 0.2) is 11.5 Å². The maximum atomic E-state index is 9.05. The molecular formula is C18H15N5O. The first-order valence-electron chi connectivity index (χ1n) is 7.42. The van der Waals surface area contributed by atoms with Gasteiger partial charge < -0.3 is 10.1 Å². The molecule has 0 unspecified atom stereocenters. The van der Waals surface area contributed by atoms with Gasteiger partial charge >= 0.3 is 0 Å². The van der Waals surface area contributed by atoms with Crippen LogP contribution >= 0.6 is 0 Å². The van der Waals surface area contributed by atoms with Crippen LogP contribution in [0.4, 0.5) is 5.82 Å². The van der Waals surface area contributed by atoms with Gasteiger partial charge in [-0.3, -0.25) is 0 Å². The SMILES string of the molecule is N#Cc1nccnc1NCc1cccnc1OCc1ccccc1. The first-order chi connectivity index (χ1) is 11.9. The van der Waals surface area contributed by atoms with Gasteiger partial charge in [0.2, 0.25) is 5.88 Å². The number of anilines is 1. The minimum atomic E-state index is 0.258. The number of rotatable bonds is 6. The molecule has 0 fully saturated rings. The fraction of sp³-hybridized carbons (Fsp3) is 0.111. The molecule has 0 aliphatic heterocycles. The summed E-state index contributed by atoms with van der Waals surface area (Å²) in [6.45, 7) is 0.880. The van der Waals surface area contributed by atoms with Gasteiger partial charge in [0.1, 0.15) is 12.7 Å². The number of aromatic nitrogens is 3. The van der Waals surface area contributed by atoms with E-state index in [9.17, 15) is 0 Å². The number of nitrogens with one attached hydrogen (secondary N) is 1. The van der Waals surface area contributed by atoms with Crippen molar-refractivity contribution in [3.05, 3.63) is 77.9 Å². The number of benzene rings is 1. The van der Waals surface area contributed by atoms with Crippen molar-refractivity contribution in [2.24, 2.45) is 0 Å². The fourth-order valence-electron chi connectivity index (χ4n) is 2.14. The van der Waals surface area contributed by atoms with E-state index in [2.05, 4.69) is 20.3 Å². The molecule has 3 aromatic rings. The molecule has 1 N–H and O–H groups in total. The fourth-order valence-corrected chi connectivity index (χ4v) is 2.14. The highest BCUT2D eigenvalue weighted by molar-refractivity contribution is 5.47. The molecule has 24 heavy (non-hydrogen) atoms. The third kappa shape index (κ3) is 3.84. The Morgan fingerprint density at radius 2 is 1.79 bits per heavy atom. The van der Waals surface area contributed by atoms with Crippen molar-refractivity contribution in [1.82, 2.24) is 15.0 Å².